The molecule has 1 aromatic heterocycles. The van der Waals surface area contributed by atoms with E-state index in [1.165, 1.54) is 18.3 Å². The van der Waals surface area contributed by atoms with E-state index >= 15 is 0 Å². The fourth-order valence-corrected chi connectivity index (χ4v) is 3.91. The lowest BCUT2D eigenvalue weighted by Gasteiger charge is -2.33. The second-order valence-electron chi connectivity index (χ2n) is 7.32. The van der Waals surface area contributed by atoms with Crippen LogP contribution in [0.2, 0.25) is 0 Å². The third-order valence-electron chi connectivity index (χ3n) is 5.24. The van der Waals surface area contributed by atoms with Gasteiger partial charge in [0, 0.05) is 41.6 Å². The molecule has 1 unspecified atom stereocenters. The van der Waals surface area contributed by atoms with Crippen LogP contribution in [0.25, 0.3) is 10.8 Å². The van der Waals surface area contributed by atoms with Crippen LogP contribution in [0.5, 0.6) is 0 Å². The monoisotopic (exact) mass is 473 g/mol. The lowest BCUT2D eigenvalue weighted by atomic mass is 10.1. The molecule has 4 rings (SSSR count). The van der Waals surface area contributed by atoms with Gasteiger partial charge in [-0.15, -0.1) is 0 Å². The summed E-state index contributed by atoms with van der Waals surface area (Å²) in [6, 6.07) is 9.91. The van der Waals surface area contributed by atoms with Crippen molar-refractivity contribution in [2.45, 2.75) is 6.04 Å². The fraction of sp³-hybridized carbons (Fsp3) is 0.286. The Labute approximate surface area is 181 Å². The number of hydrogen-bond donors (Lipinski definition) is 1. The Morgan fingerprint density at radius 2 is 1.90 bits per heavy atom. The van der Waals surface area contributed by atoms with Gasteiger partial charge in [0.1, 0.15) is 5.82 Å². The van der Waals surface area contributed by atoms with Crippen molar-refractivity contribution >= 4 is 32.6 Å². The van der Waals surface area contributed by atoms with E-state index in [-0.39, 0.29) is 5.56 Å². The van der Waals surface area contributed by atoms with E-state index in [0.717, 1.165) is 22.2 Å². The predicted molar refractivity (Wildman–Crippen MR) is 115 cm³/mol. The van der Waals surface area contributed by atoms with Gasteiger partial charge in [-0.3, -0.25) is 15.0 Å². The molecule has 2 heterocycles. The summed E-state index contributed by atoms with van der Waals surface area (Å²) in [5.74, 6) is -1.07. The van der Waals surface area contributed by atoms with Gasteiger partial charge in [0.15, 0.2) is 6.04 Å². The van der Waals surface area contributed by atoms with Crippen molar-refractivity contribution in [1.29, 1.82) is 0 Å². The summed E-state index contributed by atoms with van der Waals surface area (Å²) in [4.78, 5) is 28.6. The molecule has 0 bridgehead atoms. The van der Waals surface area contributed by atoms with E-state index in [9.17, 15) is 14.0 Å². The van der Waals surface area contributed by atoms with Crippen LogP contribution in [-0.4, -0.2) is 58.8 Å². The average Bonchev–Trinajstić information content (AvgIpc) is 2.73. The van der Waals surface area contributed by atoms with Gasteiger partial charge >= 0.3 is 0 Å². The zero-order valence-corrected chi connectivity index (χ0v) is 18.0. The molecule has 3 aromatic rings. The van der Waals surface area contributed by atoms with Crippen LogP contribution in [0.15, 0.2) is 57.9 Å². The second-order valence-corrected chi connectivity index (χ2v) is 8.23. The van der Waals surface area contributed by atoms with Gasteiger partial charge in [0.05, 0.1) is 11.6 Å². The molecule has 7 nitrogen and oxygen atoms in total. The molecule has 1 saturated heterocycles. The number of likely N-dealkylation sites (N-methyl/N-ethyl adjacent to an activating group) is 1. The van der Waals surface area contributed by atoms with Crippen LogP contribution < -0.4 is 11.0 Å². The van der Waals surface area contributed by atoms with Crippen LogP contribution >= 0.6 is 15.9 Å². The number of hydrazine groups is 1. The maximum absolute atomic E-state index is 14.7. The third kappa shape index (κ3) is 4.14. The average molecular weight is 474 g/mol. The molecule has 0 spiro atoms. The van der Waals surface area contributed by atoms with Gasteiger partial charge in [-0.25, -0.2) is 14.1 Å². The van der Waals surface area contributed by atoms with Crippen molar-refractivity contribution in [2.75, 3.05) is 33.2 Å². The van der Waals surface area contributed by atoms with Crippen molar-refractivity contribution < 1.29 is 9.18 Å². The van der Waals surface area contributed by atoms with Crippen molar-refractivity contribution in [3.63, 3.8) is 0 Å². The molecule has 2 aromatic carbocycles. The summed E-state index contributed by atoms with van der Waals surface area (Å²) in [5, 5.41) is 7.05. The van der Waals surface area contributed by atoms with E-state index in [4.69, 9.17) is 0 Å². The number of amides is 1. The number of carbonyl (C=O) groups is 1. The topological polar surface area (TPSA) is 70.5 Å². The Morgan fingerprint density at radius 3 is 2.63 bits per heavy atom. The molecule has 1 aliphatic heterocycles. The summed E-state index contributed by atoms with van der Waals surface area (Å²) in [7, 11) is 2.01. The first kappa shape index (κ1) is 20.6. The molecule has 1 atom stereocenters. The molecule has 1 fully saturated rings. The molecular formula is C21H21BrFN5O2. The summed E-state index contributed by atoms with van der Waals surface area (Å²) >= 11 is 3.37. The molecule has 156 valence electrons. The minimum Gasteiger partial charge on any atom is -0.304 e. The highest BCUT2D eigenvalue weighted by Gasteiger charge is 2.30. The largest absolute Gasteiger partial charge is 0.304 e. The van der Waals surface area contributed by atoms with Gasteiger partial charge in [-0.05, 0) is 31.3 Å². The minimum absolute atomic E-state index is 0.0928. The van der Waals surface area contributed by atoms with E-state index in [2.05, 4.69) is 31.4 Å². The molecule has 1 N–H and O–H groups in total. The molecule has 1 amide bonds. The highest BCUT2D eigenvalue weighted by molar-refractivity contribution is 9.10. The maximum Gasteiger partial charge on any atom is 0.275 e. The number of nitrogens with one attached hydrogen (secondary N) is 1. The van der Waals surface area contributed by atoms with Crippen LogP contribution in [0.1, 0.15) is 11.6 Å². The van der Waals surface area contributed by atoms with Gasteiger partial charge in [0.25, 0.3) is 11.5 Å². The minimum atomic E-state index is -1.23. The summed E-state index contributed by atoms with van der Waals surface area (Å²) < 4.78 is 16.5. The highest BCUT2D eigenvalue weighted by atomic mass is 79.9. The highest BCUT2D eigenvalue weighted by Crippen LogP contribution is 2.22. The zero-order chi connectivity index (χ0) is 21.3. The van der Waals surface area contributed by atoms with Gasteiger partial charge < -0.3 is 4.90 Å². The van der Waals surface area contributed by atoms with Crippen molar-refractivity contribution in [2.24, 2.45) is 0 Å². The van der Waals surface area contributed by atoms with Gasteiger partial charge in [-0.2, -0.15) is 5.10 Å². The van der Waals surface area contributed by atoms with Crippen LogP contribution in [0.3, 0.4) is 0 Å². The number of hydrogen-bond acceptors (Lipinski definition) is 5. The first-order valence-electron chi connectivity index (χ1n) is 9.59. The first-order chi connectivity index (χ1) is 14.4. The molecule has 30 heavy (non-hydrogen) atoms. The normalized spacial score (nSPS) is 16.5. The summed E-state index contributed by atoms with van der Waals surface area (Å²) in [6.45, 7) is 2.88. The number of piperazine rings is 1. The summed E-state index contributed by atoms with van der Waals surface area (Å²) in [6.07, 6.45) is 1.51. The second kappa shape index (κ2) is 8.63. The SMILES string of the molecule is CN1CCN(NC(=O)C(c2ccccc2F)n2ncc3cc(Br)ccc3c2=O)CC1. The Morgan fingerprint density at radius 1 is 1.17 bits per heavy atom. The predicted octanol–water partition coefficient (Wildman–Crippen LogP) is 2.17. The Hall–Kier alpha value is -2.62. The van der Waals surface area contributed by atoms with Crippen molar-refractivity contribution in [3.8, 4) is 0 Å². The van der Waals surface area contributed by atoms with Crippen molar-refractivity contribution in [1.82, 2.24) is 25.1 Å². The Kier molecular flexibility index (Phi) is 5.94. The van der Waals surface area contributed by atoms with E-state index in [1.54, 1.807) is 35.3 Å². The Bertz CT molecular complexity index is 1140. The molecule has 0 radical (unpaired) electrons. The smallest absolute Gasteiger partial charge is 0.275 e. The molecular weight excluding hydrogens is 453 g/mol. The zero-order valence-electron chi connectivity index (χ0n) is 16.4. The molecule has 0 aliphatic carbocycles. The number of fused-ring (bicyclic) bond motifs is 1. The van der Waals surface area contributed by atoms with E-state index in [0.29, 0.717) is 23.9 Å². The Balaban J connectivity index is 1.76. The number of benzene rings is 2. The van der Waals surface area contributed by atoms with Crippen LogP contribution in [0, 0.1) is 5.82 Å². The standard InChI is InChI=1S/C21H21BrFN5O2/c1-26-8-10-27(11-9-26)25-20(29)19(17-4-2-3-5-18(17)23)28-21(30)16-7-6-15(22)12-14(16)13-24-28/h2-7,12-13,19H,8-11H2,1H3,(H,25,29). The molecule has 9 heteroatoms. The first-order valence-corrected chi connectivity index (χ1v) is 10.4. The van der Waals surface area contributed by atoms with Crippen LogP contribution in [-0.2, 0) is 4.79 Å². The lowest BCUT2D eigenvalue weighted by molar-refractivity contribution is -0.129. The number of nitrogens with zero attached hydrogens (tertiary/aromatic N) is 4. The van der Waals surface area contributed by atoms with Crippen LogP contribution in [0.4, 0.5) is 4.39 Å². The fourth-order valence-electron chi connectivity index (χ4n) is 3.54. The maximum atomic E-state index is 14.7. The van der Waals surface area contributed by atoms with E-state index < -0.39 is 23.3 Å². The number of rotatable bonds is 4. The molecule has 0 saturated carbocycles. The number of halogens is 2. The van der Waals surface area contributed by atoms with E-state index in [1.807, 2.05) is 7.05 Å². The number of aromatic nitrogens is 2. The molecule has 1 aliphatic rings. The van der Waals surface area contributed by atoms with Gasteiger partial charge in [0.2, 0.25) is 0 Å². The van der Waals surface area contributed by atoms with Crippen molar-refractivity contribution in [3.05, 3.63) is 74.9 Å². The summed E-state index contributed by atoms with van der Waals surface area (Å²) in [5.41, 5.74) is 2.48. The number of carbonyl (C=O) groups excluding carboxylic acids is 1. The van der Waals surface area contributed by atoms with Gasteiger partial charge in [-0.1, -0.05) is 34.1 Å². The third-order valence-corrected chi connectivity index (χ3v) is 5.73. The quantitative estimate of drug-likeness (QED) is 0.628. The lowest BCUT2D eigenvalue weighted by Crippen LogP contribution is -2.54.